The summed E-state index contributed by atoms with van der Waals surface area (Å²) in [6, 6.07) is 21.4. The normalized spacial score (nSPS) is 26.2. The molecular weight excluding hydrogens is 1180 g/mol. The van der Waals surface area contributed by atoms with Gasteiger partial charge in [0.1, 0.15) is 48.8 Å². The van der Waals surface area contributed by atoms with Gasteiger partial charge in [0.15, 0.2) is 16.9 Å². The van der Waals surface area contributed by atoms with Gasteiger partial charge in [-0.25, -0.2) is 24.4 Å². The number of hydrogen-bond acceptors (Lipinski definition) is 21. The number of benzene rings is 3. The highest BCUT2D eigenvalue weighted by Crippen LogP contribution is 2.72. The smallest absolute Gasteiger partial charge is 0.410 e. The van der Waals surface area contributed by atoms with Crippen LogP contribution in [0.3, 0.4) is 0 Å². The molecule has 4 aliphatic carbocycles. The van der Waals surface area contributed by atoms with Crippen molar-refractivity contribution in [1.82, 2.24) is 24.6 Å². The van der Waals surface area contributed by atoms with E-state index < -0.39 is 67.0 Å². The number of rotatable bonds is 26. The molecule has 90 heavy (non-hydrogen) atoms. The van der Waals surface area contributed by atoms with Crippen molar-refractivity contribution in [2.45, 2.75) is 134 Å². The molecule has 25 nitrogen and oxygen atoms in total. The van der Waals surface area contributed by atoms with E-state index in [-0.39, 0.29) is 98.4 Å². The SMILES string of the molecule is Cc1c(-c2ccc(N3CCc4cccc(C(=O)Nc5nc6ccccc6s5)c4C3)nc2C(=O)O)cnn1CC12CC3(C)CC(C)(C1)CC(OCCN(CC[C@H](O)CO)C(=O)OCc1ccc(O[C@@H]4O[C@H](C(=O)O)[C@@H](O)[C@H](O)[C@H]4O)cc1OCCOCCN)(C3)C2. The number of pyridine rings is 1. The number of amides is 2. The highest BCUT2D eigenvalue weighted by molar-refractivity contribution is 7.22. The van der Waals surface area contributed by atoms with Crippen LogP contribution in [0.5, 0.6) is 11.5 Å². The first kappa shape index (κ1) is 64.2. The maximum atomic E-state index is 14.1. The molecule has 6 aliphatic rings. The molecule has 5 fully saturated rings. The maximum Gasteiger partial charge on any atom is 0.410 e. The minimum atomic E-state index is -1.92. The molecule has 1 saturated heterocycles. The molecule has 482 valence electrons. The first-order chi connectivity index (χ1) is 43.1. The summed E-state index contributed by atoms with van der Waals surface area (Å²) in [5.41, 5.74) is 10.0. The molecule has 12 rings (SSSR count). The van der Waals surface area contributed by atoms with E-state index in [0.29, 0.717) is 59.3 Å². The van der Waals surface area contributed by atoms with Crippen molar-refractivity contribution in [1.29, 1.82) is 0 Å². The number of carbonyl (C=O) groups is 4. The van der Waals surface area contributed by atoms with Crippen LogP contribution >= 0.6 is 11.3 Å². The van der Waals surface area contributed by atoms with E-state index in [9.17, 15) is 54.9 Å². The number of aliphatic hydroxyl groups excluding tert-OH is 5. The number of aromatic nitrogens is 4. The third-order valence-corrected chi connectivity index (χ3v) is 19.1. The van der Waals surface area contributed by atoms with Crippen LogP contribution in [0.25, 0.3) is 21.3 Å². The fraction of sp³-hybridized carbons (Fsp3) is 0.516. The molecule has 6 aromatic rings. The number of carboxylic acid groups (broad SMARTS) is 2. The van der Waals surface area contributed by atoms with Gasteiger partial charge in [-0.1, -0.05) is 49.4 Å². The molecule has 0 radical (unpaired) electrons. The van der Waals surface area contributed by atoms with Crippen molar-refractivity contribution in [2.75, 3.05) is 69.4 Å². The number of fused-ring (bicyclic) bond motifs is 2. The lowest BCUT2D eigenvalue weighted by molar-refractivity contribution is -0.271. The number of nitrogens with two attached hydrogens (primary N) is 1. The van der Waals surface area contributed by atoms with Crippen LogP contribution in [0.15, 0.2) is 79.0 Å². The Bertz CT molecular complexity index is 3570. The Balaban J connectivity index is 0.762. The number of hydrogen-bond donors (Lipinski definition) is 9. The molecule has 2 amide bonds. The van der Waals surface area contributed by atoms with E-state index in [0.717, 1.165) is 65.6 Å². The van der Waals surface area contributed by atoms with Crippen LogP contribution in [0.1, 0.15) is 102 Å². The molecule has 0 spiro atoms. The van der Waals surface area contributed by atoms with Crippen molar-refractivity contribution >= 4 is 56.4 Å². The van der Waals surface area contributed by atoms with E-state index >= 15 is 0 Å². The zero-order valence-electron chi connectivity index (χ0n) is 50.5. The van der Waals surface area contributed by atoms with Crippen molar-refractivity contribution in [2.24, 2.45) is 22.0 Å². The van der Waals surface area contributed by atoms with Gasteiger partial charge < -0.3 is 79.7 Å². The van der Waals surface area contributed by atoms with Crippen LogP contribution in [0.4, 0.5) is 15.7 Å². The molecule has 5 heterocycles. The summed E-state index contributed by atoms with van der Waals surface area (Å²) >= 11 is 1.41. The van der Waals surface area contributed by atoms with E-state index in [2.05, 4.69) is 24.1 Å². The zero-order chi connectivity index (χ0) is 63.7. The molecule has 2 aliphatic heterocycles. The van der Waals surface area contributed by atoms with Gasteiger partial charge in [0, 0.05) is 73.3 Å². The highest BCUT2D eigenvalue weighted by atomic mass is 32.1. The molecule has 26 heteroatoms. The average Bonchev–Trinajstić information content (AvgIpc) is 0.744. The topological polar surface area (TPSA) is 353 Å². The third-order valence-electron chi connectivity index (χ3n) is 18.1. The predicted octanol–water partition coefficient (Wildman–Crippen LogP) is 5.52. The molecule has 10 N–H and O–H groups in total. The molecule has 3 aromatic carbocycles. The van der Waals surface area contributed by atoms with Gasteiger partial charge in [-0.2, -0.15) is 5.10 Å². The van der Waals surface area contributed by atoms with E-state index in [1.54, 1.807) is 18.3 Å². The number of ether oxygens (including phenoxy) is 6. The Morgan fingerprint density at radius 1 is 0.878 bits per heavy atom. The Hall–Kier alpha value is -7.37. The first-order valence-electron chi connectivity index (χ1n) is 30.4. The summed E-state index contributed by atoms with van der Waals surface area (Å²) in [4.78, 5) is 65.6. The van der Waals surface area contributed by atoms with Crippen LogP contribution in [0, 0.1) is 23.2 Å². The fourth-order valence-electron chi connectivity index (χ4n) is 15.3. The average molecular weight is 1260 g/mol. The molecule has 3 aromatic heterocycles. The first-order valence-corrected chi connectivity index (χ1v) is 31.2. The number of para-hydroxylation sites is 1. The summed E-state index contributed by atoms with van der Waals surface area (Å²) in [6.07, 6.45) is -3.45. The van der Waals surface area contributed by atoms with Gasteiger partial charge in [-0.05, 0) is 128 Å². The number of nitrogens with one attached hydrogen (secondary N) is 1. The largest absolute Gasteiger partial charge is 0.491 e. The second-order valence-electron chi connectivity index (χ2n) is 25.5. The monoisotopic (exact) mass is 1260 g/mol. The lowest BCUT2D eigenvalue weighted by Gasteiger charge is -2.69. The van der Waals surface area contributed by atoms with Crippen LogP contribution < -0.4 is 25.4 Å². The number of aromatic carboxylic acids is 1. The standard InChI is InChI=1S/C64H78N8O17S/c1-37-44(42-13-14-49(68-50(42)56(79)80)71-18-15-38-7-6-8-43(45(38)27-71)55(78)69-59-67-46-9-4-5-10-48(46)90-59)26-66-72(37)36-63-31-61(2)30-62(3,32-63)34-64(33-61,35-63)87-22-20-70(19-16-40(74)28-73)60(83)86-29-39-11-12-41(25-47(39)85-24-23-84-21-17-65)88-58-53(77)51(75)52(76)54(89-58)57(81)82/h4-14,25-26,40,51-54,58,73-77H,15-24,27-36,65H2,1-3H3,(H,79,80)(H,81,82)(H,67,69,78)/t40-,51-,52-,53+,54-,58+,61?,62?,63?,64?/m0/s1. The van der Waals surface area contributed by atoms with Crippen molar-refractivity contribution in [3.63, 3.8) is 0 Å². The summed E-state index contributed by atoms with van der Waals surface area (Å²) in [7, 11) is 0. The van der Waals surface area contributed by atoms with E-state index in [1.807, 2.05) is 59.0 Å². The Kier molecular flexibility index (Phi) is 18.9. The molecular formula is C64H78N8O17S. The van der Waals surface area contributed by atoms with Gasteiger partial charge in [-0.3, -0.25) is 14.8 Å². The van der Waals surface area contributed by atoms with Crippen molar-refractivity contribution < 1.29 is 83.3 Å². The Morgan fingerprint density at radius 3 is 2.41 bits per heavy atom. The summed E-state index contributed by atoms with van der Waals surface area (Å²) < 4.78 is 38.4. The second-order valence-corrected chi connectivity index (χ2v) is 26.5. The van der Waals surface area contributed by atoms with Gasteiger partial charge in [0.05, 0.1) is 54.5 Å². The Labute approximate surface area is 523 Å². The minimum Gasteiger partial charge on any atom is -0.491 e. The van der Waals surface area contributed by atoms with Crippen LogP contribution in [-0.4, -0.2) is 186 Å². The Morgan fingerprint density at radius 2 is 1.67 bits per heavy atom. The lowest BCUT2D eigenvalue weighted by Crippen LogP contribution is -2.64. The van der Waals surface area contributed by atoms with Gasteiger partial charge in [0.2, 0.25) is 6.29 Å². The molecule has 8 atom stereocenters. The number of carbonyl (C=O) groups excluding carboxylic acids is 2. The number of carboxylic acids is 2. The zero-order valence-corrected chi connectivity index (χ0v) is 51.3. The number of thiazole rings is 1. The van der Waals surface area contributed by atoms with Gasteiger partial charge in [0.25, 0.3) is 5.91 Å². The molecule has 4 saturated carbocycles. The quantitative estimate of drug-likeness (QED) is 0.0302. The van der Waals surface area contributed by atoms with Crippen molar-refractivity contribution in [3.8, 4) is 22.6 Å². The third kappa shape index (κ3) is 13.8. The van der Waals surface area contributed by atoms with Crippen LogP contribution in [0.2, 0.25) is 0 Å². The summed E-state index contributed by atoms with van der Waals surface area (Å²) in [6.45, 7) is 8.24. The summed E-state index contributed by atoms with van der Waals surface area (Å²) in [5, 5.41) is 80.0. The number of nitrogens with zero attached hydrogens (tertiary/aromatic N) is 6. The maximum absolute atomic E-state index is 14.1. The fourth-order valence-corrected chi connectivity index (χ4v) is 16.1. The van der Waals surface area contributed by atoms with Crippen LogP contribution in [-0.2, 0) is 49.9 Å². The van der Waals surface area contributed by atoms with Gasteiger partial charge in [-0.15, -0.1) is 0 Å². The molecule has 4 bridgehead atoms. The number of aliphatic hydroxyl groups is 5. The van der Waals surface area contributed by atoms with E-state index in [4.69, 9.17) is 44.2 Å². The highest BCUT2D eigenvalue weighted by Gasteiger charge is 2.66. The minimum absolute atomic E-state index is 0.0205. The lowest BCUT2D eigenvalue weighted by atomic mass is 9.39. The van der Waals surface area contributed by atoms with E-state index in [1.165, 1.54) is 34.4 Å². The van der Waals surface area contributed by atoms with Crippen molar-refractivity contribution in [3.05, 3.63) is 113 Å². The predicted molar refractivity (Wildman–Crippen MR) is 327 cm³/mol. The van der Waals surface area contributed by atoms with Gasteiger partial charge >= 0.3 is 18.0 Å². The second kappa shape index (κ2) is 26.5. The number of aliphatic carboxylic acids is 1. The molecule has 2 unspecified atom stereocenters. The summed E-state index contributed by atoms with van der Waals surface area (Å²) in [5.74, 6) is -2.36. The number of anilines is 2.